The summed E-state index contributed by atoms with van der Waals surface area (Å²) >= 11 is 0. The number of carbonyl (C=O) groups excluding carboxylic acids is 2. The number of hydrogen-bond donors (Lipinski definition) is 3. The molecule has 1 rings (SSSR count). The number of aromatic nitrogens is 1. The minimum Gasteiger partial charge on any atom is -0.444 e. The third-order valence-electron chi connectivity index (χ3n) is 4.26. The fourth-order valence-corrected chi connectivity index (χ4v) is 1.93. The van der Waals surface area contributed by atoms with Gasteiger partial charge in [-0.25, -0.2) is 4.79 Å². The van der Waals surface area contributed by atoms with Crippen LogP contribution in [0.2, 0.25) is 0 Å². The molecule has 0 saturated carbocycles. The molecule has 1 aromatic heterocycles. The van der Waals surface area contributed by atoms with E-state index >= 15 is 0 Å². The first kappa shape index (κ1) is 24.9. The molecule has 2 amide bonds. The number of aliphatic hydroxyl groups is 1. The number of nitrogens with zero attached hydrogens (tertiary/aromatic N) is 1. The molecule has 0 atom stereocenters. The first-order valence-corrected chi connectivity index (χ1v) is 9.65. The van der Waals surface area contributed by atoms with Gasteiger partial charge in [0.25, 0.3) is 0 Å². The van der Waals surface area contributed by atoms with E-state index in [0.29, 0.717) is 24.1 Å². The number of nitrogens with one attached hydrogen (secondary N) is 2. The highest BCUT2D eigenvalue weighted by Crippen LogP contribution is 2.24. The van der Waals surface area contributed by atoms with E-state index in [4.69, 9.17) is 9.39 Å². The van der Waals surface area contributed by atoms with Crippen LogP contribution in [0.1, 0.15) is 61.3 Å². The van der Waals surface area contributed by atoms with Crippen molar-refractivity contribution < 1.29 is 24.1 Å². The van der Waals surface area contributed by atoms with Crippen molar-refractivity contribution in [1.29, 1.82) is 0 Å². The summed E-state index contributed by atoms with van der Waals surface area (Å²) in [4.78, 5) is 27.7. The highest BCUT2D eigenvalue weighted by molar-refractivity contribution is 6.47. The Balaban J connectivity index is 2.43. The number of hydrogen-bond acceptors (Lipinski definition) is 6. The quantitative estimate of drug-likeness (QED) is 0.428. The van der Waals surface area contributed by atoms with Crippen molar-refractivity contribution >= 4 is 30.6 Å². The highest BCUT2D eigenvalue weighted by atomic mass is 16.6. The first-order valence-electron chi connectivity index (χ1n) is 9.65. The van der Waals surface area contributed by atoms with Crippen molar-refractivity contribution in [3.8, 4) is 0 Å². The third kappa shape index (κ3) is 9.76. The summed E-state index contributed by atoms with van der Waals surface area (Å²) in [6, 6.07) is 1.73. The zero-order valence-corrected chi connectivity index (χ0v) is 18.5. The number of alkyl carbamates (subject to hydrolysis) is 1. The van der Waals surface area contributed by atoms with E-state index in [-0.39, 0.29) is 12.3 Å². The number of amides is 2. The number of rotatable bonds is 9. The van der Waals surface area contributed by atoms with Gasteiger partial charge in [-0.15, -0.1) is 0 Å². The number of ether oxygens (including phenoxy) is 1. The van der Waals surface area contributed by atoms with Gasteiger partial charge >= 0.3 is 13.6 Å². The summed E-state index contributed by atoms with van der Waals surface area (Å²) < 4.78 is 10.8. The van der Waals surface area contributed by atoms with Gasteiger partial charge in [-0.3, -0.25) is 9.78 Å². The Bertz CT molecular complexity index is 696. The van der Waals surface area contributed by atoms with Crippen molar-refractivity contribution in [2.24, 2.45) is 0 Å². The van der Waals surface area contributed by atoms with Gasteiger partial charge in [0.15, 0.2) is 0 Å². The molecule has 0 aliphatic heterocycles. The number of anilines is 1. The van der Waals surface area contributed by atoms with Crippen LogP contribution in [0, 0.1) is 0 Å². The van der Waals surface area contributed by atoms with E-state index in [2.05, 4.69) is 15.6 Å². The van der Waals surface area contributed by atoms with Crippen molar-refractivity contribution in [2.45, 2.75) is 78.1 Å². The van der Waals surface area contributed by atoms with Gasteiger partial charge in [-0.05, 0) is 66.4 Å². The molecule has 3 N–H and O–H groups in total. The van der Waals surface area contributed by atoms with Gasteiger partial charge in [0.05, 0.1) is 23.1 Å². The minimum absolute atomic E-state index is 0.187. The molecule has 29 heavy (non-hydrogen) atoms. The van der Waals surface area contributed by atoms with Crippen LogP contribution in [0.15, 0.2) is 18.5 Å². The maximum atomic E-state index is 12.1. The molecule has 0 fully saturated rings. The first-order chi connectivity index (χ1) is 13.2. The van der Waals surface area contributed by atoms with Crippen LogP contribution in [0.5, 0.6) is 0 Å². The second kappa shape index (κ2) is 10.1. The normalized spacial score (nSPS) is 12.3. The lowest BCUT2D eigenvalue weighted by molar-refractivity contribution is -0.116. The zero-order chi connectivity index (χ0) is 22.3. The standard InChI is InChI=1S/C20H33BN3O5/c1-18(2,3)28-17(26)23-10-8-9-16(25)24-15-11-14(12-22-13-15)21-29-20(6,7)19(4,5)27/h11-13,27H,8-10H2,1-7H3,(H,23,26)(H,24,25). The van der Waals surface area contributed by atoms with Crippen molar-refractivity contribution in [2.75, 3.05) is 11.9 Å². The number of pyridine rings is 1. The van der Waals surface area contributed by atoms with Gasteiger partial charge in [-0.1, -0.05) is 0 Å². The fraction of sp³-hybridized carbons (Fsp3) is 0.650. The van der Waals surface area contributed by atoms with Gasteiger partial charge < -0.3 is 25.1 Å². The van der Waals surface area contributed by atoms with Crippen LogP contribution < -0.4 is 16.1 Å². The molecule has 1 radical (unpaired) electrons. The van der Waals surface area contributed by atoms with E-state index in [9.17, 15) is 14.7 Å². The maximum absolute atomic E-state index is 12.1. The largest absolute Gasteiger partial charge is 0.444 e. The lowest BCUT2D eigenvalue weighted by Crippen LogP contribution is -2.49. The van der Waals surface area contributed by atoms with Crippen LogP contribution in [-0.4, -0.2) is 52.9 Å². The third-order valence-corrected chi connectivity index (χ3v) is 4.26. The SMILES string of the molecule is CC(C)(C)OC(=O)NCCCC(=O)Nc1cncc([B]OC(C)(C)C(C)(C)O)c1. The van der Waals surface area contributed by atoms with Crippen molar-refractivity contribution in [1.82, 2.24) is 10.3 Å². The fourth-order valence-electron chi connectivity index (χ4n) is 1.93. The molecule has 161 valence electrons. The van der Waals surface area contributed by atoms with E-state index in [1.165, 1.54) is 13.7 Å². The summed E-state index contributed by atoms with van der Waals surface area (Å²) in [6.45, 7) is 12.6. The molecule has 0 aliphatic rings. The molecule has 0 saturated heterocycles. The Morgan fingerprint density at radius 1 is 1.14 bits per heavy atom. The molecule has 8 nitrogen and oxygen atoms in total. The molecule has 9 heteroatoms. The molecule has 0 aromatic carbocycles. The van der Waals surface area contributed by atoms with Crippen LogP contribution in [0.25, 0.3) is 0 Å². The van der Waals surface area contributed by atoms with Crippen LogP contribution in [0.3, 0.4) is 0 Å². The lowest BCUT2D eigenvalue weighted by Gasteiger charge is -2.37. The predicted octanol–water partition coefficient (Wildman–Crippen LogP) is 2.14. The average Bonchev–Trinajstić information content (AvgIpc) is 2.55. The van der Waals surface area contributed by atoms with Crippen LogP contribution in [-0.2, 0) is 14.2 Å². The topological polar surface area (TPSA) is 110 Å². The molecule has 0 spiro atoms. The zero-order valence-electron chi connectivity index (χ0n) is 18.5. The smallest absolute Gasteiger partial charge is 0.407 e. The molecule has 1 aromatic rings. The molecule has 0 unspecified atom stereocenters. The Labute approximate surface area is 174 Å². The second-order valence-electron chi connectivity index (χ2n) is 8.89. The monoisotopic (exact) mass is 406 g/mol. The van der Waals surface area contributed by atoms with Gasteiger partial charge in [0, 0.05) is 19.2 Å². The summed E-state index contributed by atoms with van der Waals surface area (Å²) in [5, 5.41) is 15.5. The van der Waals surface area contributed by atoms with E-state index in [0.717, 1.165) is 0 Å². The molecular formula is C20H33BN3O5. The lowest BCUT2D eigenvalue weighted by atomic mass is 9.83. The predicted molar refractivity (Wildman–Crippen MR) is 113 cm³/mol. The van der Waals surface area contributed by atoms with Crippen molar-refractivity contribution in [3.63, 3.8) is 0 Å². The van der Waals surface area contributed by atoms with E-state index in [1.807, 2.05) is 0 Å². The van der Waals surface area contributed by atoms with E-state index < -0.39 is 22.9 Å². The Morgan fingerprint density at radius 3 is 2.38 bits per heavy atom. The molecule has 0 bridgehead atoms. The average molecular weight is 406 g/mol. The highest BCUT2D eigenvalue weighted by Gasteiger charge is 2.35. The number of carbonyl (C=O) groups is 2. The molecule has 1 heterocycles. The van der Waals surface area contributed by atoms with Gasteiger partial charge in [-0.2, -0.15) is 0 Å². The summed E-state index contributed by atoms with van der Waals surface area (Å²) in [6.07, 6.45) is 3.36. The Kier molecular flexibility index (Phi) is 8.65. The summed E-state index contributed by atoms with van der Waals surface area (Å²) in [5.41, 5.74) is -1.19. The van der Waals surface area contributed by atoms with Crippen LogP contribution >= 0.6 is 0 Å². The molecular weight excluding hydrogens is 373 g/mol. The second-order valence-corrected chi connectivity index (χ2v) is 8.89. The van der Waals surface area contributed by atoms with Gasteiger partial charge in [0.2, 0.25) is 5.91 Å². The Morgan fingerprint density at radius 2 is 1.79 bits per heavy atom. The van der Waals surface area contributed by atoms with E-state index in [1.54, 1.807) is 60.7 Å². The van der Waals surface area contributed by atoms with Gasteiger partial charge in [0.1, 0.15) is 5.60 Å². The maximum Gasteiger partial charge on any atom is 0.407 e. The molecule has 0 aliphatic carbocycles. The summed E-state index contributed by atoms with van der Waals surface area (Å²) in [5.74, 6) is -0.187. The minimum atomic E-state index is -1.03. The Hall–Kier alpha value is -2.13. The van der Waals surface area contributed by atoms with Crippen LogP contribution in [0.4, 0.5) is 10.5 Å². The van der Waals surface area contributed by atoms with Crippen molar-refractivity contribution in [3.05, 3.63) is 18.5 Å². The summed E-state index contributed by atoms with van der Waals surface area (Å²) in [7, 11) is 1.51.